The summed E-state index contributed by atoms with van der Waals surface area (Å²) < 4.78 is 7.40. The van der Waals surface area contributed by atoms with Gasteiger partial charge in [0, 0.05) is 25.2 Å². The van der Waals surface area contributed by atoms with Crippen molar-refractivity contribution >= 4 is 5.69 Å². The van der Waals surface area contributed by atoms with Crippen molar-refractivity contribution in [3.63, 3.8) is 0 Å². The third-order valence-corrected chi connectivity index (χ3v) is 3.62. The van der Waals surface area contributed by atoms with E-state index in [1.54, 1.807) is 6.26 Å². The van der Waals surface area contributed by atoms with Gasteiger partial charge in [-0.1, -0.05) is 6.92 Å². The van der Waals surface area contributed by atoms with Gasteiger partial charge in [0.05, 0.1) is 23.7 Å². The lowest BCUT2D eigenvalue weighted by Gasteiger charge is -2.23. The minimum absolute atomic E-state index is 0.363. The molecule has 0 bridgehead atoms. The summed E-state index contributed by atoms with van der Waals surface area (Å²) >= 11 is 0. The Balaban J connectivity index is 1.86. The van der Waals surface area contributed by atoms with Gasteiger partial charge >= 0.3 is 0 Å². The Morgan fingerprint density at radius 1 is 1.56 bits per heavy atom. The van der Waals surface area contributed by atoms with Crippen molar-refractivity contribution in [2.24, 2.45) is 7.05 Å². The summed E-state index contributed by atoms with van der Waals surface area (Å²) in [4.78, 5) is 0. The Kier molecular flexibility index (Phi) is 2.86. The van der Waals surface area contributed by atoms with Gasteiger partial charge in [-0.25, -0.2) is 0 Å². The molecule has 4 nitrogen and oxygen atoms in total. The van der Waals surface area contributed by atoms with Gasteiger partial charge in [-0.2, -0.15) is 5.10 Å². The van der Waals surface area contributed by atoms with Gasteiger partial charge in [0.1, 0.15) is 5.76 Å². The molecule has 0 aromatic carbocycles. The van der Waals surface area contributed by atoms with Crippen LogP contribution >= 0.6 is 0 Å². The summed E-state index contributed by atoms with van der Waals surface area (Å²) in [6, 6.07) is 2.45. The summed E-state index contributed by atoms with van der Waals surface area (Å²) in [5.74, 6) is 1.14. The molecule has 2 heterocycles. The van der Waals surface area contributed by atoms with Crippen LogP contribution in [0.3, 0.4) is 0 Å². The van der Waals surface area contributed by atoms with Crippen LogP contribution in [0.15, 0.2) is 22.9 Å². The Morgan fingerprint density at radius 2 is 2.44 bits per heavy atom. The molecule has 96 valence electrons. The van der Waals surface area contributed by atoms with E-state index < -0.39 is 0 Å². The predicted octanol–water partition coefficient (Wildman–Crippen LogP) is 3.07. The van der Waals surface area contributed by atoms with E-state index in [1.165, 1.54) is 12.0 Å². The Labute approximate surface area is 107 Å². The number of furan rings is 1. The maximum absolute atomic E-state index is 5.52. The Morgan fingerprint density at radius 3 is 3.28 bits per heavy atom. The fourth-order valence-corrected chi connectivity index (χ4v) is 2.74. The number of fused-ring (bicyclic) bond motifs is 1. The molecule has 2 aromatic heterocycles. The summed E-state index contributed by atoms with van der Waals surface area (Å²) in [5, 5.41) is 8.09. The lowest BCUT2D eigenvalue weighted by atomic mass is 9.93. The quantitative estimate of drug-likeness (QED) is 0.903. The second-order valence-corrected chi connectivity index (χ2v) is 4.90. The average molecular weight is 245 g/mol. The smallest absolute Gasteiger partial charge is 0.109 e. The molecule has 0 radical (unpaired) electrons. The van der Waals surface area contributed by atoms with Crippen molar-refractivity contribution in [3.05, 3.63) is 35.5 Å². The molecule has 1 atom stereocenters. The molecule has 1 aliphatic rings. The molecule has 0 fully saturated rings. The summed E-state index contributed by atoms with van der Waals surface area (Å²) in [5.41, 5.74) is 3.60. The van der Waals surface area contributed by atoms with Crippen molar-refractivity contribution in [1.82, 2.24) is 9.78 Å². The first kappa shape index (κ1) is 11.4. The lowest BCUT2D eigenvalue weighted by molar-refractivity contribution is 0.461. The minimum Gasteiger partial charge on any atom is -0.469 e. The highest BCUT2D eigenvalue weighted by Gasteiger charge is 2.23. The zero-order valence-electron chi connectivity index (χ0n) is 10.9. The number of nitrogens with zero attached hydrogens (tertiary/aromatic N) is 2. The fourth-order valence-electron chi connectivity index (χ4n) is 2.74. The Hall–Kier alpha value is -1.71. The molecule has 1 N–H and O–H groups in total. The zero-order chi connectivity index (χ0) is 12.5. The van der Waals surface area contributed by atoms with Crippen molar-refractivity contribution < 1.29 is 4.42 Å². The first-order chi connectivity index (χ1) is 8.78. The van der Waals surface area contributed by atoms with Crippen LogP contribution < -0.4 is 5.32 Å². The van der Waals surface area contributed by atoms with Gasteiger partial charge in [-0.05, 0) is 25.3 Å². The molecule has 1 aliphatic carbocycles. The van der Waals surface area contributed by atoms with Crippen LogP contribution in [0.5, 0.6) is 0 Å². The summed E-state index contributed by atoms with van der Waals surface area (Å²) in [6.45, 7) is 2.14. The number of hydrogen-bond donors (Lipinski definition) is 1. The second kappa shape index (κ2) is 4.52. The van der Waals surface area contributed by atoms with Crippen LogP contribution in [0.1, 0.15) is 42.8 Å². The van der Waals surface area contributed by atoms with E-state index in [0.717, 1.165) is 36.4 Å². The van der Waals surface area contributed by atoms with Crippen molar-refractivity contribution in [2.45, 2.75) is 38.6 Å². The molecule has 1 unspecified atom stereocenters. The number of aromatic nitrogens is 2. The van der Waals surface area contributed by atoms with E-state index in [9.17, 15) is 0 Å². The molecule has 3 rings (SSSR count). The van der Waals surface area contributed by atoms with Gasteiger partial charge < -0.3 is 9.73 Å². The monoisotopic (exact) mass is 245 g/mol. The highest BCUT2D eigenvalue weighted by molar-refractivity contribution is 5.49. The molecular formula is C14H19N3O. The van der Waals surface area contributed by atoms with Gasteiger partial charge in [0.25, 0.3) is 0 Å². The average Bonchev–Trinajstić information content (AvgIpc) is 2.96. The van der Waals surface area contributed by atoms with Crippen LogP contribution in [-0.2, 0) is 19.9 Å². The minimum atomic E-state index is 0.363. The van der Waals surface area contributed by atoms with E-state index >= 15 is 0 Å². The second-order valence-electron chi connectivity index (χ2n) is 4.90. The van der Waals surface area contributed by atoms with Crippen molar-refractivity contribution in [1.29, 1.82) is 0 Å². The van der Waals surface area contributed by atoms with Crippen LogP contribution in [0.2, 0.25) is 0 Å². The SMILES string of the molecule is CCc1nn(C)cc1NC1CCCc2occc21. The standard InChI is InChI=1S/C14H19N3O/c1-3-11-13(9-17(2)16-11)15-12-5-4-6-14-10(12)7-8-18-14/h7-9,12,15H,3-6H2,1-2H3. The highest BCUT2D eigenvalue weighted by Crippen LogP contribution is 2.33. The van der Waals surface area contributed by atoms with Crippen molar-refractivity contribution in [3.8, 4) is 0 Å². The van der Waals surface area contributed by atoms with Crippen LogP contribution in [-0.4, -0.2) is 9.78 Å². The normalized spacial score (nSPS) is 18.7. The lowest BCUT2D eigenvalue weighted by Crippen LogP contribution is -2.16. The Bertz CT molecular complexity index is 541. The number of hydrogen-bond acceptors (Lipinski definition) is 3. The van der Waals surface area contributed by atoms with Crippen LogP contribution in [0.4, 0.5) is 5.69 Å². The number of rotatable bonds is 3. The van der Waals surface area contributed by atoms with E-state index in [4.69, 9.17) is 4.42 Å². The topological polar surface area (TPSA) is 43.0 Å². The van der Waals surface area contributed by atoms with E-state index in [-0.39, 0.29) is 0 Å². The third-order valence-electron chi connectivity index (χ3n) is 3.62. The molecule has 0 saturated carbocycles. The maximum Gasteiger partial charge on any atom is 0.109 e. The molecule has 0 spiro atoms. The maximum atomic E-state index is 5.52. The first-order valence-corrected chi connectivity index (χ1v) is 6.63. The number of nitrogens with one attached hydrogen (secondary N) is 1. The molecule has 0 saturated heterocycles. The van der Waals surface area contributed by atoms with E-state index in [1.807, 2.05) is 11.7 Å². The largest absolute Gasteiger partial charge is 0.469 e. The van der Waals surface area contributed by atoms with Gasteiger partial charge in [-0.15, -0.1) is 0 Å². The molecule has 0 aliphatic heterocycles. The van der Waals surface area contributed by atoms with Gasteiger partial charge in [0.2, 0.25) is 0 Å². The third kappa shape index (κ3) is 1.92. The highest BCUT2D eigenvalue weighted by atomic mass is 16.3. The predicted molar refractivity (Wildman–Crippen MR) is 70.6 cm³/mol. The van der Waals surface area contributed by atoms with Crippen LogP contribution in [0, 0.1) is 0 Å². The summed E-state index contributed by atoms with van der Waals surface area (Å²) in [6.07, 6.45) is 8.22. The molecule has 0 amide bonds. The first-order valence-electron chi connectivity index (χ1n) is 6.63. The van der Waals surface area contributed by atoms with Crippen molar-refractivity contribution in [2.75, 3.05) is 5.32 Å². The van der Waals surface area contributed by atoms with Gasteiger partial charge in [-0.3, -0.25) is 4.68 Å². The fraction of sp³-hybridized carbons (Fsp3) is 0.500. The van der Waals surface area contributed by atoms with Crippen LogP contribution in [0.25, 0.3) is 0 Å². The number of aryl methyl sites for hydroxylation is 3. The zero-order valence-corrected chi connectivity index (χ0v) is 10.9. The molecule has 18 heavy (non-hydrogen) atoms. The molecule has 2 aromatic rings. The summed E-state index contributed by atoms with van der Waals surface area (Å²) in [7, 11) is 1.97. The number of anilines is 1. The van der Waals surface area contributed by atoms with Gasteiger partial charge in [0.15, 0.2) is 0 Å². The molecular weight excluding hydrogens is 226 g/mol. The molecule has 4 heteroatoms. The van der Waals surface area contributed by atoms with E-state index in [0.29, 0.717) is 6.04 Å². The van der Waals surface area contributed by atoms with E-state index in [2.05, 4.69) is 29.6 Å².